The summed E-state index contributed by atoms with van der Waals surface area (Å²) < 4.78 is 5.61. The van der Waals surface area contributed by atoms with Crippen LogP contribution in [0.3, 0.4) is 0 Å². The van der Waals surface area contributed by atoms with Gasteiger partial charge in [-0.25, -0.2) is 0 Å². The van der Waals surface area contributed by atoms with Gasteiger partial charge in [0, 0.05) is 35.4 Å². The maximum Gasteiger partial charge on any atom is 0.265 e. The monoisotopic (exact) mass is 429 g/mol. The van der Waals surface area contributed by atoms with E-state index in [-0.39, 0.29) is 11.8 Å². The molecule has 148 valence electrons. The fraction of sp³-hybridized carbons (Fsp3) is 0.0952. The Kier molecular flexibility index (Phi) is 6.69. The molecule has 1 aromatic heterocycles. The topological polar surface area (TPSA) is 80.3 Å². The van der Waals surface area contributed by atoms with Crippen LogP contribution in [0.5, 0.6) is 5.75 Å². The number of ether oxygens (including phenoxy) is 1. The molecule has 1 unspecified atom stereocenters. The Morgan fingerprint density at radius 3 is 2.31 bits per heavy atom. The van der Waals surface area contributed by atoms with Crippen LogP contribution in [0.1, 0.15) is 17.3 Å². The number of hydrogen-bond donors (Lipinski definition) is 2. The summed E-state index contributed by atoms with van der Waals surface area (Å²) in [5.74, 6) is -0.193. The van der Waals surface area contributed by atoms with E-state index in [0.717, 1.165) is 0 Å². The van der Waals surface area contributed by atoms with Crippen LogP contribution < -0.4 is 15.4 Å². The van der Waals surface area contributed by atoms with E-state index in [1.165, 1.54) is 0 Å². The summed E-state index contributed by atoms with van der Waals surface area (Å²) in [5, 5.41) is 6.28. The molecule has 3 aromatic rings. The maximum atomic E-state index is 12.4. The summed E-state index contributed by atoms with van der Waals surface area (Å²) in [7, 11) is 0. The largest absolute Gasteiger partial charge is 0.481 e. The number of hydrogen-bond acceptors (Lipinski definition) is 4. The van der Waals surface area contributed by atoms with Crippen LogP contribution >= 0.6 is 23.2 Å². The van der Waals surface area contributed by atoms with Gasteiger partial charge in [0.05, 0.1) is 10.0 Å². The molecule has 0 aliphatic carbocycles. The minimum atomic E-state index is -0.776. The molecule has 0 radical (unpaired) electrons. The molecule has 0 saturated heterocycles. The fourth-order valence-electron chi connectivity index (χ4n) is 2.43. The zero-order chi connectivity index (χ0) is 20.8. The van der Waals surface area contributed by atoms with E-state index in [1.54, 1.807) is 73.9 Å². The summed E-state index contributed by atoms with van der Waals surface area (Å²) in [6, 6.07) is 14.8. The number of amides is 2. The standard InChI is InChI=1S/C21H17Cl2N3O3/c1-13(29-17-5-6-18(22)19(23)12-17)20(27)25-15-3-2-4-16(11-15)26-21(28)14-7-9-24-10-8-14/h2-13H,1H3,(H,25,27)(H,26,28). The smallest absolute Gasteiger partial charge is 0.265 e. The normalized spacial score (nSPS) is 11.4. The predicted octanol–water partition coefficient (Wildman–Crippen LogP) is 5.05. The lowest BCUT2D eigenvalue weighted by molar-refractivity contribution is -0.122. The molecule has 0 aliphatic heterocycles. The second kappa shape index (κ2) is 9.41. The van der Waals surface area contributed by atoms with Crippen molar-refractivity contribution in [1.82, 2.24) is 4.98 Å². The molecular weight excluding hydrogens is 413 g/mol. The molecule has 2 amide bonds. The summed E-state index contributed by atoms with van der Waals surface area (Å²) in [5.41, 5.74) is 1.55. The fourth-order valence-corrected chi connectivity index (χ4v) is 2.72. The maximum absolute atomic E-state index is 12.4. The third kappa shape index (κ3) is 5.70. The van der Waals surface area contributed by atoms with Crippen LogP contribution in [0.4, 0.5) is 11.4 Å². The van der Waals surface area contributed by atoms with Gasteiger partial charge in [-0.15, -0.1) is 0 Å². The summed E-state index contributed by atoms with van der Waals surface area (Å²) >= 11 is 11.8. The quantitative estimate of drug-likeness (QED) is 0.574. The number of carbonyl (C=O) groups is 2. The van der Waals surface area contributed by atoms with Gasteiger partial charge in [-0.1, -0.05) is 29.3 Å². The van der Waals surface area contributed by atoms with E-state index in [1.807, 2.05) is 0 Å². The Bertz CT molecular complexity index is 1030. The van der Waals surface area contributed by atoms with E-state index in [2.05, 4.69) is 15.6 Å². The first-order valence-electron chi connectivity index (χ1n) is 8.66. The van der Waals surface area contributed by atoms with E-state index < -0.39 is 6.10 Å². The van der Waals surface area contributed by atoms with Gasteiger partial charge in [0.25, 0.3) is 11.8 Å². The van der Waals surface area contributed by atoms with Gasteiger partial charge in [-0.2, -0.15) is 0 Å². The van der Waals surface area contributed by atoms with Crippen molar-refractivity contribution in [2.75, 3.05) is 10.6 Å². The zero-order valence-electron chi connectivity index (χ0n) is 15.4. The van der Waals surface area contributed by atoms with Crippen molar-refractivity contribution in [3.05, 3.63) is 82.6 Å². The molecule has 0 saturated carbocycles. The van der Waals surface area contributed by atoms with Crippen molar-refractivity contribution in [2.45, 2.75) is 13.0 Å². The number of halogens is 2. The summed E-state index contributed by atoms with van der Waals surface area (Å²) in [4.78, 5) is 28.6. The average Bonchev–Trinajstić information content (AvgIpc) is 2.71. The number of benzene rings is 2. The molecule has 2 aromatic carbocycles. The molecule has 8 heteroatoms. The number of nitrogens with zero attached hydrogens (tertiary/aromatic N) is 1. The first kappa shape index (κ1) is 20.6. The number of nitrogens with one attached hydrogen (secondary N) is 2. The molecule has 0 aliphatic rings. The van der Waals surface area contributed by atoms with Crippen molar-refractivity contribution in [2.24, 2.45) is 0 Å². The second-order valence-corrected chi connectivity index (χ2v) is 6.91. The highest BCUT2D eigenvalue weighted by Gasteiger charge is 2.16. The highest BCUT2D eigenvalue weighted by Crippen LogP contribution is 2.27. The predicted molar refractivity (Wildman–Crippen MR) is 114 cm³/mol. The highest BCUT2D eigenvalue weighted by molar-refractivity contribution is 6.42. The van der Waals surface area contributed by atoms with Gasteiger partial charge in [0.2, 0.25) is 0 Å². The number of anilines is 2. The van der Waals surface area contributed by atoms with Crippen LogP contribution in [0, 0.1) is 0 Å². The molecule has 2 N–H and O–H groups in total. The third-order valence-corrected chi connectivity index (χ3v) is 4.64. The van der Waals surface area contributed by atoms with Crippen molar-refractivity contribution < 1.29 is 14.3 Å². The molecule has 1 heterocycles. The third-order valence-electron chi connectivity index (χ3n) is 3.90. The molecule has 0 spiro atoms. The van der Waals surface area contributed by atoms with Gasteiger partial charge in [-0.3, -0.25) is 14.6 Å². The Labute approximate surface area is 177 Å². The number of rotatable bonds is 6. The highest BCUT2D eigenvalue weighted by atomic mass is 35.5. The van der Waals surface area contributed by atoms with Gasteiger partial charge in [-0.05, 0) is 49.4 Å². The molecule has 0 bridgehead atoms. The molecule has 3 rings (SSSR count). The molecular formula is C21H17Cl2N3O3. The van der Waals surface area contributed by atoms with E-state index in [9.17, 15) is 9.59 Å². The Balaban J connectivity index is 1.62. The van der Waals surface area contributed by atoms with E-state index >= 15 is 0 Å². The van der Waals surface area contributed by atoms with Gasteiger partial charge >= 0.3 is 0 Å². The van der Waals surface area contributed by atoms with Crippen LogP contribution in [0.15, 0.2) is 67.0 Å². The first-order chi connectivity index (χ1) is 13.9. The van der Waals surface area contributed by atoms with Crippen LogP contribution in [-0.4, -0.2) is 22.9 Å². The average molecular weight is 430 g/mol. The van der Waals surface area contributed by atoms with Crippen molar-refractivity contribution in [3.63, 3.8) is 0 Å². The van der Waals surface area contributed by atoms with E-state index in [0.29, 0.717) is 32.7 Å². The van der Waals surface area contributed by atoms with Crippen molar-refractivity contribution in [3.8, 4) is 5.75 Å². The molecule has 1 atom stereocenters. The molecule has 0 fully saturated rings. The minimum Gasteiger partial charge on any atom is -0.481 e. The molecule has 6 nitrogen and oxygen atoms in total. The van der Waals surface area contributed by atoms with Crippen LogP contribution in [0.2, 0.25) is 10.0 Å². The Hall–Kier alpha value is -3.09. The number of pyridine rings is 1. The number of carbonyl (C=O) groups excluding carboxylic acids is 2. The Morgan fingerprint density at radius 1 is 0.931 bits per heavy atom. The second-order valence-electron chi connectivity index (χ2n) is 6.10. The van der Waals surface area contributed by atoms with Crippen molar-refractivity contribution >= 4 is 46.4 Å². The lowest BCUT2D eigenvalue weighted by Gasteiger charge is -2.15. The Morgan fingerprint density at radius 2 is 1.62 bits per heavy atom. The molecule has 29 heavy (non-hydrogen) atoms. The van der Waals surface area contributed by atoms with Crippen LogP contribution in [0.25, 0.3) is 0 Å². The summed E-state index contributed by atoms with van der Waals surface area (Å²) in [6.45, 7) is 1.62. The lowest BCUT2D eigenvalue weighted by atomic mass is 10.2. The van der Waals surface area contributed by atoms with Gasteiger partial charge < -0.3 is 15.4 Å². The number of aromatic nitrogens is 1. The van der Waals surface area contributed by atoms with E-state index in [4.69, 9.17) is 27.9 Å². The SMILES string of the molecule is CC(Oc1ccc(Cl)c(Cl)c1)C(=O)Nc1cccc(NC(=O)c2ccncc2)c1. The van der Waals surface area contributed by atoms with Crippen LogP contribution in [-0.2, 0) is 4.79 Å². The zero-order valence-corrected chi connectivity index (χ0v) is 16.9. The first-order valence-corrected chi connectivity index (χ1v) is 9.42. The minimum absolute atomic E-state index is 0.271. The van der Waals surface area contributed by atoms with Gasteiger partial charge in [0.15, 0.2) is 6.10 Å². The lowest BCUT2D eigenvalue weighted by Crippen LogP contribution is -2.30. The van der Waals surface area contributed by atoms with Crippen molar-refractivity contribution in [1.29, 1.82) is 0 Å². The van der Waals surface area contributed by atoms with Gasteiger partial charge in [0.1, 0.15) is 5.75 Å². The summed E-state index contributed by atoms with van der Waals surface area (Å²) in [6.07, 6.45) is 2.31.